The maximum Gasteiger partial charge on any atom is 0.417 e. The van der Waals surface area contributed by atoms with E-state index in [0.29, 0.717) is 31.7 Å². The van der Waals surface area contributed by atoms with E-state index in [1.165, 1.54) is 10.4 Å². The SMILES string of the molecule is CC1(C)[C@]2(C)CC[C@@]1(CS(=O)(=O)N1CCN(c3ccc(C(F)(F)F)cn3)CC1)C(O)C2. The standard InChI is InChI=1S/C21H30F3N3O3S/c1-18(2)19(3)6-7-20(18,16(28)12-19)14-31(29,30)27-10-8-26(9-11-27)17-5-4-15(13-25-17)21(22,23)24/h4-5,13,16,28H,6-12,14H2,1-3H3/t16?,19-,20-/m1/s1. The first kappa shape index (κ1) is 22.8. The highest BCUT2D eigenvalue weighted by Gasteiger charge is 2.70. The molecule has 31 heavy (non-hydrogen) atoms. The molecule has 6 nitrogen and oxygen atoms in total. The van der Waals surface area contributed by atoms with Crippen molar-refractivity contribution in [3.63, 3.8) is 0 Å². The highest BCUT2D eigenvalue weighted by atomic mass is 32.2. The third-order valence-electron chi connectivity index (χ3n) is 8.63. The third kappa shape index (κ3) is 3.45. The Kier molecular flexibility index (Phi) is 5.19. The van der Waals surface area contributed by atoms with Gasteiger partial charge in [0.05, 0.1) is 17.4 Å². The first-order chi connectivity index (χ1) is 14.2. The van der Waals surface area contributed by atoms with Gasteiger partial charge in [-0.15, -0.1) is 0 Å². The predicted molar refractivity (Wildman–Crippen MR) is 111 cm³/mol. The topological polar surface area (TPSA) is 73.7 Å². The van der Waals surface area contributed by atoms with Crippen molar-refractivity contribution in [2.75, 3.05) is 36.8 Å². The maximum atomic E-state index is 13.3. The Morgan fingerprint density at radius 2 is 1.77 bits per heavy atom. The van der Waals surface area contributed by atoms with Crippen molar-refractivity contribution >= 4 is 15.8 Å². The fourth-order valence-electron chi connectivity index (χ4n) is 5.99. The molecule has 2 heterocycles. The molecule has 1 aliphatic heterocycles. The number of aliphatic hydroxyl groups excluding tert-OH is 1. The first-order valence-electron chi connectivity index (χ1n) is 10.7. The molecule has 2 bridgehead atoms. The van der Waals surface area contributed by atoms with Gasteiger partial charge in [-0.25, -0.2) is 13.4 Å². The molecule has 0 radical (unpaired) electrons. The molecule has 1 N–H and O–H groups in total. The van der Waals surface area contributed by atoms with Gasteiger partial charge in [-0.1, -0.05) is 20.8 Å². The molecule has 0 amide bonds. The summed E-state index contributed by atoms with van der Waals surface area (Å²) in [5.74, 6) is 0.338. The van der Waals surface area contributed by atoms with Gasteiger partial charge in [-0.3, -0.25) is 0 Å². The van der Waals surface area contributed by atoms with Gasteiger partial charge in [0.25, 0.3) is 0 Å². The number of sulfonamides is 1. The molecule has 0 spiro atoms. The zero-order valence-electron chi connectivity index (χ0n) is 18.1. The minimum absolute atomic E-state index is 0.0606. The molecule has 3 atom stereocenters. The average molecular weight is 462 g/mol. The first-order valence-corrected chi connectivity index (χ1v) is 12.3. The second-order valence-corrected chi connectivity index (χ2v) is 12.1. The Morgan fingerprint density at radius 3 is 2.23 bits per heavy atom. The summed E-state index contributed by atoms with van der Waals surface area (Å²) in [5, 5.41) is 10.8. The number of pyridine rings is 1. The molecule has 2 saturated carbocycles. The highest BCUT2D eigenvalue weighted by Crippen LogP contribution is 2.72. The van der Waals surface area contributed by atoms with E-state index >= 15 is 0 Å². The van der Waals surface area contributed by atoms with Crippen LogP contribution in [0.4, 0.5) is 19.0 Å². The van der Waals surface area contributed by atoms with Gasteiger partial charge in [-0.05, 0) is 42.2 Å². The van der Waals surface area contributed by atoms with Gasteiger partial charge >= 0.3 is 6.18 Å². The van der Waals surface area contributed by atoms with Crippen LogP contribution in [0.25, 0.3) is 0 Å². The number of fused-ring (bicyclic) bond motifs is 2. The summed E-state index contributed by atoms with van der Waals surface area (Å²) in [5.41, 5.74) is -1.79. The summed E-state index contributed by atoms with van der Waals surface area (Å²) in [6, 6.07) is 2.31. The molecule has 174 valence electrons. The summed E-state index contributed by atoms with van der Waals surface area (Å²) in [7, 11) is -3.60. The molecular formula is C21H30F3N3O3S. The molecule has 1 unspecified atom stereocenters. The Hall–Kier alpha value is -1.39. The van der Waals surface area contributed by atoms with Crippen molar-refractivity contribution in [1.29, 1.82) is 0 Å². The van der Waals surface area contributed by atoms with Crippen LogP contribution in [0.5, 0.6) is 0 Å². The van der Waals surface area contributed by atoms with E-state index in [9.17, 15) is 26.7 Å². The summed E-state index contributed by atoms with van der Waals surface area (Å²) >= 11 is 0. The number of nitrogens with zero attached hydrogens (tertiary/aromatic N) is 3. The second kappa shape index (κ2) is 7.05. The molecule has 3 aliphatic rings. The van der Waals surface area contributed by atoms with Gasteiger partial charge in [-0.2, -0.15) is 17.5 Å². The van der Waals surface area contributed by atoms with Crippen molar-refractivity contribution in [3.05, 3.63) is 23.9 Å². The van der Waals surface area contributed by atoms with Gasteiger partial charge < -0.3 is 10.0 Å². The van der Waals surface area contributed by atoms with Crippen molar-refractivity contribution in [3.8, 4) is 0 Å². The maximum absolute atomic E-state index is 13.3. The van der Waals surface area contributed by atoms with Gasteiger partial charge in [0.1, 0.15) is 5.82 Å². The molecule has 2 aliphatic carbocycles. The lowest BCUT2D eigenvalue weighted by Gasteiger charge is -2.43. The number of anilines is 1. The average Bonchev–Trinajstić information content (AvgIpc) is 2.96. The zero-order chi connectivity index (χ0) is 22.9. The minimum Gasteiger partial charge on any atom is -0.392 e. The fourth-order valence-corrected chi connectivity index (χ4v) is 8.24. The molecule has 1 aromatic rings. The molecule has 4 rings (SSSR count). The number of hydrogen-bond acceptors (Lipinski definition) is 5. The van der Waals surface area contributed by atoms with Crippen LogP contribution in [0.3, 0.4) is 0 Å². The van der Waals surface area contributed by atoms with Crippen LogP contribution in [0.15, 0.2) is 18.3 Å². The Bertz CT molecular complexity index is 943. The fraction of sp³-hybridized carbons (Fsp3) is 0.762. The summed E-state index contributed by atoms with van der Waals surface area (Å²) in [4.78, 5) is 5.71. The van der Waals surface area contributed by atoms with E-state index < -0.39 is 33.3 Å². The lowest BCUT2D eigenvalue weighted by atomic mass is 9.65. The molecule has 1 saturated heterocycles. The summed E-state index contributed by atoms with van der Waals surface area (Å²) in [6.07, 6.45) is -2.02. The van der Waals surface area contributed by atoms with Crippen LogP contribution in [-0.4, -0.2) is 60.8 Å². The number of aromatic nitrogens is 1. The number of hydrogen-bond donors (Lipinski definition) is 1. The molecule has 1 aromatic heterocycles. The van der Waals surface area contributed by atoms with Crippen LogP contribution in [0.1, 0.15) is 45.6 Å². The van der Waals surface area contributed by atoms with Crippen molar-refractivity contribution in [2.24, 2.45) is 16.2 Å². The van der Waals surface area contributed by atoms with Crippen molar-refractivity contribution in [1.82, 2.24) is 9.29 Å². The van der Waals surface area contributed by atoms with Gasteiger partial charge in [0, 0.05) is 37.8 Å². The molecule has 0 aromatic carbocycles. The minimum atomic E-state index is -4.44. The highest BCUT2D eigenvalue weighted by molar-refractivity contribution is 7.89. The molecule has 3 fully saturated rings. The van der Waals surface area contributed by atoms with E-state index in [0.717, 1.165) is 18.7 Å². The Labute approximate surface area is 181 Å². The number of alkyl halides is 3. The lowest BCUT2D eigenvalue weighted by Crippen LogP contribution is -2.53. The second-order valence-electron chi connectivity index (χ2n) is 10.1. The summed E-state index contributed by atoms with van der Waals surface area (Å²) < 4.78 is 66.3. The van der Waals surface area contributed by atoms with Crippen LogP contribution in [0.2, 0.25) is 0 Å². The quantitative estimate of drug-likeness (QED) is 0.746. The number of rotatable bonds is 4. The monoisotopic (exact) mass is 461 g/mol. The normalized spacial score (nSPS) is 33.8. The van der Waals surface area contributed by atoms with E-state index in [4.69, 9.17) is 0 Å². The van der Waals surface area contributed by atoms with Crippen LogP contribution in [0, 0.1) is 16.2 Å². The zero-order valence-corrected chi connectivity index (χ0v) is 18.9. The number of halogens is 3. The van der Waals surface area contributed by atoms with Crippen LogP contribution < -0.4 is 4.90 Å². The third-order valence-corrected chi connectivity index (χ3v) is 10.7. The van der Waals surface area contributed by atoms with Crippen LogP contribution >= 0.6 is 0 Å². The molecule has 10 heteroatoms. The van der Waals surface area contributed by atoms with Gasteiger partial charge in [0.15, 0.2) is 0 Å². The van der Waals surface area contributed by atoms with Crippen molar-refractivity contribution in [2.45, 2.75) is 52.3 Å². The predicted octanol–water partition coefficient (Wildman–Crippen LogP) is 3.13. The van der Waals surface area contributed by atoms with E-state index in [-0.39, 0.29) is 29.7 Å². The lowest BCUT2D eigenvalue weighted by molar-refractivity contribution is -0.137. The smallest absolute Gasteiger partial charge is 0.392 e. The molecular weight excluding hydrogens is 431 g/mol. The van der Waals surface area contributed by atoms with Gasteiger partial charge in [0.2, 0.25) is 10.0 Å². The Morgan fingerprint density at radius 1 is 1.13 bits per heavy atom. The largest absolute Gasteiger partial charge is 0.417 e. The van der Waals surface area contributed by atoms with E-state index in [1.807, 2.05) is 0 Å². The number of aliphatic hydroxyl groups is 1. The van der Waals surface area contributed by atoms with E-state index in [2.05, 4.69) is 25.8 Å². The summed E-state index contributed by atoms with van der Waals surface area (Å²) in [6.45, 7) is 7.51. The van der Waals surface area contributed by atoms with Crippen molar-refractivity contribution < 1.29 is 26.7 Å². The number of piperazine rings is 1. The Balaban J connectivity index is 1.44. The van der Waals surface area contributed by atoms with E-state index in [1.54, 1.807) is 4.90 Å². The van der Waals surface area contributed by atoms with Crippen LogP contribution in [-0.2, 0) is 16.2 Å².